The van der Waals surface area contributed by atoms with E-state index in [1.807, 2.05) is 29.2 Å². The molecular formula is C23H27N5O2S. The van der Waals surface area contributed by atoms with E-state index in [-0.39, 0.29) is 5.91 Å². The maximum Gasteiger partial charge on any atom is 0.233 e. The lowest BCUT2D eigenvalue weighted by atomic mass is 9.90. The molecule has 0 bridgehead atoms. The normalized spacial score (nSPS) is 14.5. The van der Waals surface area contributed by atoms with Gasteiger partial charge in [0.05, 0.1) is 19.4 Å². The minimum absolute atomic E-state index is 0.155. The van der Waals surface area contributed by atoms with Crippen molar-refractivity contribution in [3.63, 3.8) is 0 Å². The van der Waals surface area contributed by atoms with Gasteiger partial charge in [-0.15, -0.1) is 5.10 Å². The Kier molecular flexibility index (Phi) is 7.19. The van der Waals surface area contributed by atoms with Crippen molar-refractivity contribution in [2.24, 2.45) is 5.92 Å². The minimum Gasteiger partial charge on any atom is -0.497 e. The fraction of sp³-hybridized carbons (Fsp3) is 0.391. The first kappa shape index (κ1) is 21.4. The van der Waals surface area contributed by atoms with Crippen molar-refractivity contribution in [1.82, 2.24) is 25.1 Å². The van der Waals surface area contributed by atoms with E-state index < -0.39 is 0 Å². The van der Waals surface area contributed by atoms with Gasteiger partial charge in [-0.05, 0) is 58.9 Å². The number of thioether (sulfide) groups is 1. The Labute approximate surface area is 186 Å². The zero-order valence-electron chi connectivity index (χ0n) is 17.7. The molecule has 1 amide bonds. The smallest absolute Gasteiger partial charge is 0.233 e. The molecule has 1 aromatic heterocycles. The third-order valence-corrected chi connectivity index (χ3v) is 6.59. The minimum atomic E-state index is 0.155. The topological polar surface area (TPSA) is 73.1 Å². The lowest BCUT2D eigenvalue weighted by molar-refractivity contribution is -0.129. The number of likely N-dealkylation sites (tertiary alicyclic amines) is 1. The summed E-state index contributed by atoms with van der Waals surface area (Å²) < 4.78 is 6.92. The predicted molar refractivity (Wildman–Crippen MR) is 120 cm³/mol. The van der Waals surface area contributed by atoms with E-state index in [4.69, 9.17) is 4.74 Å². The lowest BCUT2D eigenvalue weighted by Gasteiger charge is -2.32. The fourth-order valence-corrected chi connectivity index (χ4v) is 4.63. The molecule has 1 fully saturated rings. The number of hydrogen-bond acceptors (Lipinski definition) is 6. The number of carbonyl (C=O) groups is 1. The third-order valence-electron chi connectivity index (χ3n) is 5.65. The first-order chi connectivity index (χ1) is 15.2. The summed E-state index contributed by atoms with van der Waals surface area (Å²) in [4.78, 5) is 14.7. The van der Waals surface area contributed by atoms with Gasteiger partial charge in [0.1, 0.15) is 5.75 Å². The van der Waals surface area contributed by atoms with E-state index >= 15 is 0 Å². The maximum absolute atomic E-state index is 12.7. The number of benzene rings is 2. The third kappa shape index (κ3) is 5.85. The molecule has 0 atom stereocenters. The van der Waals surface area contributed by atoms with Crippen LogP contribution >= 0.6 is 11.8 Å². The summed E-state index contributed by atoms with van der Waals surface area (Å²) in [5.74, 6) is 1.97. The number of rotatable bonds is 8. The van der Waals surface area contributed by atoms with Crippen molar-refractivity contribution in [1.29, 1.82) is 0 Å². The molecule has 0 spiro atoms. The van der Waals surface area contributed by atoms with Gasteiger partial charge < -0.3 is 9.64 Å². The van der Waals surface area contributed by atoms with Crippen LogP contribution in [0.15, 0.2) is 59.8 Å². The Bertz CT molecular complexity index is 969. The van der Waals surface area contributed by atoms with Gasteiger partial charge in [0.25, 0.3) is 0 Å². The summed E-state index contributed by atoms with van der Waals surface area (Å²) in [5.41, 5.74) is 2.45. The Morgan fingerprint density at radius 3 is 2.52 bits per heavy atom. The predicted octanol–water partition coefficient (Wildman–Crippen LogP) is 3.30. The van der Waals surface area contributed by atoms with Crippen LogP contribution in [0, 0.1) is 5.92 Å². The second-order valence-corrected chi connectivity index (χ2v) is 8.71. The van der Waals surface area contributed by atoms with Crippen LogP contribution in [0.5, 0.6) is 5.75 Å². The van der Waals surface area contributed by atoms with Gasteiger partial charge in [-0.1, -0.05) is 54.2 Å². The summed E-state index contributed by atoms with van der Waals surface area (Å²) in [6.07, 6.45) is 3.21. The lowest BCUT2D eigenvalue weighted by Crippen LogP contribution is -2.39. The highest BCUT2D eigenvalue weighted by molar-refractivity contribution is 7.99. The summed E-state index contributed by atoms with van der Waals surface area (Å²) in [6.45, 7) is 2.21. The second kappa shape index (κ2) is 10.4. The molecule has 3 aromatic rings. The van der Waals surface area contributed by atoms with Crippen molar-refractivity contribution in [2.75, 3.05) is 26.0 Å². The molecule has 0 aliphatic carbocycles. The number of tetrazole rings is 1. The van der Waals surface area contributed by atoms with Gasteiger partial charge in [0, 0.05) is 13.1 Å². The van der Waals surface area contributed by atoms with E-state index in [0.717, 1.165) is 43.7 Å². The second-order valence-electron chi connectivity index (χ2n) is 7.77. The monoisotopic (exact) mass is 437 g/mol. The van der Waals surface area contributed by atoms with E-state index in [1.165, 1.54) is 17.3 Å². The molecule has 0 N–H and O–H groups in total. The summed E-state index contributed by atoms with van der Waals surface area (Å²) in [7, 11) is 1.65. The Balaban J connectivity index is 1.24. The van der Waals surface area contributed by atoms with Crippen LogP contribution in [0.1, 0.15) is 24.0 Å². The first-order valence-electron chi connectivity index (χ1n) is 10.5. The highest BCUT2D eigenvalue weighted by Gasteiger charge is 2.23. The van der Waals surface area contributed by atoms with Crippen LogP contribution in [-0.2, 0) is 17.8 Å². The Morgan fingerprint density at radius 2 is 1.81 bits per heavy atom. The van der Waals surface area contributed by atoms with Gasteiger partial charge in [-0.2, -0.15) is 0 Å². The molecule has 0 unspecified atom stereocenters. The molecule has 162 valence electrons. The van der Waals surface area contributed by atoms with Crippen molar-refractivity contribution in [3.8, 4) is 5.75 Å². The average molecular weight is 438 g/mol. The number of hydrogen-bond donors (Lipinski definition) is 0. The van der Waals surface area contributed by atoms with Crippen molar-refractivity contribution >= 4 is 17.7 Å². The van der Waals surface area contributed by atoms with Crippen molar-refractivity contribution < 1.29 is 9.53 Å². The highest BCUT2D eigenvalue weighted by Crippen LogP contribution is 2.23. The number of amides is 1. The Hall–Kier alpha value is -2.87. The number of ether oxygens (including phenoxy) is 1. The van der Waals surface area contributed by atoms with Crippen LogP contribution in [-0.4, -0.2) is 57.0 Å². The number of aromatic nitrogens is 4. The molecule has 0 saturated carbocycles. The molecule has 1 aliphatic rings. The van der Waals surface area contributed by atoms with E-state index in [9.17, 15) is 4.79 Å². The fourth-order valence-electron chi connectivity index (χ4n) is 3.85. The maximum atomic E-state index is 12.7. The zero-order valence-corrected chi connectivity index (χ0v) is 18.5. The van der Waals surface area contributed by atoms with Gasteiger partial charge >= 0.3 is 0 Å². The van der Waals surface area contributed by atoms with E-state index in [0.29, 0.717) is 23.4 Å². The first-order valence-corrected chi connectivity index (χ1v) is 11.5. The Morgan fingerprint density at radius 1 is 1.06 bits per heavy atom. The summed E-state index contributed by atoms with van der Waals surface area (Å²) in [6, 6.07) is 18.4. The van der Waals surface area contributed by atoms with Crippen molar-refractivity contribution in [2.45, 2.75) is 31.0 Å². The van der Waals surface area contributed by atoms with Crippen LogP contribution < -0.4 is 4.74 Å². The SMILES string of the molecule is COc1ccc(Cn2nnnc2SCC(=O)N2CCC(Cc3ccccc3)CC2)cc1. The van der Waals surface area contributed by atoms with Crippen LogP contribution in [0.25, 0.3) is 0 Å². The molecular weight excluding hydrogens is 410 g/mol. The average Bonchev–Trinajstić information content (AvgIpc) is 3.26. The van der Waals surface area contributed by atoms with Crippen LogP contribution in [0.3, 0.4) is 0 Å². The molecule has 4 rings (SSSR count). The molecule has 1 saturated heterocycles. The van der Waals surface area contributed by atoms with Crippen LogP contribution in [0.2, 0.25) is 0 Å². The standard InChI is InChI=1S/C23H27N5O2S/c1-30-21-9-7-20(8-10-21)16-28-23(24-25-26-28)31-17-22(29)27-13-11-19(12-14-27)15-18-5-3-2-4-6-18/h2-10,19H,11-17H2,1H3. The summed E-state index contributed by atoms with van der Waals surface area (Å²) >= 11 is 1.40. The van der Waals surface area contributed by atoms with Crippen molar-refractivity contribution in [3.05, 3.63) is 65.7 Å². The number of methoxy groups -OCH3 is 1. The van der Waals surface area contributed by atoms with Gasteiger partial charge in [0.2, 0.25) is 11.1 Å². The molecule has 7 nitrogen and oxygen atoms in total. The van der Waals surface area contributed by atoms with Crippen LogP contribution in [0.4, 0.5) is 0 Å². The van der Waals surface area contributed by atoms with Gasteiger partial charge in [-0.25, -0.2) is 4.68 Å². The van der Waals surface area contributed by atoms with Gasteiger partial charge in [-0.3, -0.25) is 4.79 Å². The molecule has 0 radical (unpaired) electrons. The quantitative estimate of drug-likeness (QED) is 0.504. The summed E-state index contributed by atoms with van der Waals surface area (Å²) in [5, 5.41) is 12.6. The molecule has 2 aromatic carbocycles. The molecule has 1 aliphatic heterocycles. The highest BCUT2D eigenvalue weighted by atomic mass is 32.2. The molecule has 8 heteroatoms. The van der Waals surface area contributed by atoms with E-state index in [2.05, 4.69) is 45.9 Å². The molecule has 31 heavy (non-hydrogen) atoms. The number of carbonyl (C=O) groups excluding carboxylic acids is 1. The zero-order chi connectivity index (χ0) is 21.5. The number of nitrogens with zero attached hydrogens (tertiary/aromatic N) is 5. The van der Waals surface area contributed by atoms with Gasteiger partial charge in [0.15, 0.2) is 0 Å². The largest absolute Gasteiger partial charge is 0.497 e. The van der Waals surface area contributed by atoms with E-state index in [1.54, 1.807) is 11.8 Å². The number of piperidine rings is 1. The molecule has 2 heterocycles.